The molecule has 0 amide bonds. The molecule has 2 N–H and O–H groups in total. The highest BCUT2D eigenvalue weighted by atomic mass is 16.5. The van der Waals surface area contributed by atoms with Crippen LogP contribution in [0.2, 0.25) is 0 Å². The fourth-order valence-corrected chi connectivity index (χ4v) is 2.65. The van der Waals surface area contributed by atoms with Crippen molar-refractivity contribution < 1.29 is 9.47 Å². The van der Waals surface area contributed by atoms with E-state index in [1.807, 2.05) is 24.4 Å². The molecule has 0 bridgehead atoms. The number of nitrogens with zero attached hydrogens (tertiary/aromatic N) is 4. The minimum Gasteiger partial charge on any atom is -0.481 e. The Hall–Kier alpha value is -2.41. The van der Waals surface area contributed by atoms with Crippen LogP contribution in [-0.4, -0.2) is 41.3 Å². The highest BCUT2D eigenvalue weighted by molar-refractivity contribution is 5.45. The van der Waals surface area contributed by atoms with Gasteiger partial charge in [0.05, 0.1) is 19.8 Å². The summed E-state index contributed by atoms with van der Waals surface area (Å²) >= 11 is 0. The number of rotatable bonds is 5. The molecule has 1 saturated heterocycles. The molecule has 7 heteroatoms. The summed E-state index contributed by atoms with van der Waals surface area (Å²) in [6.07, 6.45) is 5.76. The first-order valence-corrected chi connectivity index (χ1v) is 7.68. The van der Waals surface area contributed by atoms with Gasteiger partial charge < -0.3 is 20.1 Å². The maximum atomic E-state index is 5.97. The summed E-state index contributed by atoms with van der Waals surface area (Å²) in [5, 5.41) is 0. The number of anilines is 2. The SMILES string of the molecule is COc1cc(N2CCC(OCc3cccnc3)CC2)nc(N)n1. The molecule has 1 aliphatic rings. The minimum absolute atomic E-state index is 0.231. The van der Waals surface area contributed by atoms with Crippen molar-refractivity contribution in [1.29, 1.82) is 0 Å². The highest BCUT2D eigenvalue weighted by Gasteiger charge is 2.21. The van der Waals surface area contributed by atoms with E-state index in [0.29, 0.717) is 12.5 Å². The molecule has 0 unspecified atom stereocenters. The van der Waals surface area contributed by atoms with Gasteiger partial charge in [-0.2, -0.15) is 9.97 Å². The van der Waals surface area contributed by atoms with Crippen LogP contribution in [0.15, 0.2) is 30.6 Å². The van der Waals surface area contributed by atoms with Gasteiger partial charge in [0, 0.05) is 31.5 Å². The van der Waals surface area contributed by atoms with Crippen molar-refractivity contribution in [2.24, 2.45) is 0 Å². The Balaban J connectivity index is 1.53. The van der Waals surface area contributed by atoms with Crippen LogP contribution < -0.4 is 15.4 Å². The average Bonchev–Trinajstić information content (AvgIpc) is 2.60. The van der Waals surface area contributed by atoms with Crippen LogP contribution in [0.5, 0.6) is 5.88 Å². The second-order valence-corrected chi connectivity index (χ2v) is 5.49. The summed E-state index contributed by atoms with van der Waals surface area (Å²) in [6.45, 7) is 2.35. The van der Waals surface area contributed by atoms with Crippen molar-refractivity contribution in [3.05, 3.63) is 36.2 Å². The third kappa shape index (κ3) is 4.07. The van der Waals surface area contributed by atoms with E-state index < -0.39 is 0 Å². The number of nitrogen functional groups attached to an aromatic ring is 1. The molecule has 0 saturated carbocycles. The quantitative estimate of drug-likeness (QED) is 0.897. The molecule has 7 nitrogen and oxygen atoms in total. The second-order valence-electron chi connectivity index (χ2n) is 5.49. The molecule has 0 aliphatic carbocycles. The number of hydrogen-bond donors (Lipinski definition) is 1. The van der Waals surface area contributed by atoms with E-state index in [1.54, 1.807) is 13.3 Å². The van der Waals surface area contributed by atoms with Crippen LogP contribution in [-0.2, 0) is 11.3 Å². The minimum atomic E-state index is 0.231. The Morgan fingerprint density at radius 2 is 2.13 bits per heavy atom. The maximum absolute atomic E-state index is 5.97. The number of aromatic nitrogens is 3. The summed E-state index contributed by atoms with van der Waals surface area (Å²) in [6, 6.07) is 5.76. The Morgan fingerprint density at radius 1 is 1.30 bits per heavy atom. The van der Waals surface area contributed by atoms with Gasteiger partial charge in [-0.15, -0.1) is 0 Å². The zero-order valence-corrected chi connectivity index (χ0v) is 13.2. The van der Waals surface area contributed by atoms with E-state index in [-0.39, 0.29) is 12.1 Å². The summed E-state index contributed by atoms with van der Waals surface area (Å²) < 4.78 is 11.1. The van der Waals surface area contributed by atoms with Crippen molar-refractivity contribution in [1.82, 2.24) is 15.0 Å². The van der Waals surface area contributed by atoms with Gasteiger partial charge in [0.1, 0.15) is 5.82 Å². The molecular weight excluding hydrogens is 294 g/mol. The third-order valence-corrected chi connectivity index (χ3v) is 3.89. The fraction of sp³-hybridized carbons (Fsp3) is 0.438. The summed E-state index contributed by atoms with van der Waals surface area (Å²) in [4.78, 5) is 14.6. The molecule has 0 radical (unpaired) electrons. The van der Waals surface area contributed by atoms with Gasteiger partial charge in [-0.25, -0.2) is 0 Å². The number of ether oxygens (including phenoxy) is 2. The molecule has 3 rings (SSSR count). The van der Waals surface area contributed by atoms with Gasteiger partial charge in [-0.3, -0.25) is 4.98 Å². The third-order valence-electron chi connectivity index (χ3n) is 3.89. The van der Waals surface area contributed by atoms with Crippen LogP contribution in [0.1, 0.15) is 18.4 Å². The normalized spacial score (nSPS) is 15.6. The highest BCUT2D eigenvalue weighted by Crippen LogP contribution is 2.23. The lowest BCUT2D eigenvalue weighted by Crippen LogP contribution is -2.37. The predicted molar refractivity (Wildman–Crippen MR) is 87.3 cm³/mol. The molecule has 1 aliphatic heterocycles. The van der Waals surface area contributed by atoms with Crippen LogP contribution in [0.3, 0.4) is 0 Å². The van der Waals surface area contributed by atoms with Crippen LogP contribution in [0, 0.1) is 0 Å². The summed E-state index contributed by atoms with van der Waals surface area (Å²) in [5.74, 6) is 1.52. The van der Waals surface area contributed by atoms with E-state index in [0.717, 1.165) is 37.3 Å². The van der Waals surface area contributed by atoms with E-state index in [2.05, 4.69) is 19.9 Å². The van der Waals surface area contributed by atoms with Gasteiger partial charge >= 0.3 is 0 Å². The molecule has 0 aromatic carbocycles. The Labute approximate surface area is 135 Å². The van der Waals surface area contributed by atoms with E-state index in [4.69, 9.17) is 15.2 Å². The first kappa shape index (κ1) is 15.5. The van der Waals surface area contributed by atoms with E-state index >= 15 is 0 Å². The van der Waals surface area contributed by atoms with Gasteiger partial charge in [-0.1, -0.05) is 6.07 Å². The summed E-state index contributed by atoms with van der Waals surface area (Å²) in [5.41, 5.74) is 6.82. The van der Waals surface area contributed by atoms with E-state index in [9.17, 15) is 0 Å². The van der Waals surface area contributed by atoms with Gasteiger partial charge in [0.2, 0.25) is 11.8 Å². The topological polar surface area (TPSA) is 86.4 Å². The van der Waals surface area contributed by atoms with Crippen molar-refractivity contribution in [3.63, 3.8) is 0 Å². The number of hydrogen-bond acceptors (Lipinski definition) is 7. The van der Waals surface area contributed by atoms with Crippen molar-refractivity contribution in [2.75, 3.05) is 30.8 Å². The van der Waals surface area contributed by atoms with Crippen LogP contribution in [0.4, 0.5) is 11.8 Å². The molecule has 23 heavy (non-hydrogen) atoms. The first-order chi connectivity index (χ1) is 11.2. The summed E-state index contributed by atoms with van der Waals surface area (Å²) in [7, 11) is 1.57. The van der Waals surface area contributed by atoms with Crippen molar-refractivity contribution >= 4 is 11.8 Å². The lowest BCUT2D eigenvalue weighted by molar-refractivity contribution is 0.0249. The van der Waals surface area contributed by atoms with Crippen molar-refractivity contribution in [3.8, 4) is 5.88 Å². The molecule has 0 atom stereocenters. The Morgan fingerprint density at radius 3 is 2.83 bits per heavy atom. The fourth-order valence-electron chi connectivity index (χ4n) is 2.65. The van der Waals surface area contributed by atoms with E-state index in [1.165, 1.54) is 0 Å². The lowest BCUT2D eigenvalue weighted by Gasteiger charge is -2.32. The van der Waals surface area contributed by atoms with Gasteiger partial charge in [0.25, 0.3) is 0 Å². The number of piperidine rings is 1. The first-order valence-electron chi connectivity index (χ1n) is 7.68. The Bertz CT molecular complexity index is 630. The van der Waals surface area contributed by atoms with Gasteiger partial charge in [-0.05, 0) is 24.5 Å². The molecule has 2 aromatic heterocycles. The van der Waals surface area contributed by atoms with Gasteiger partial charge in [0.15, 0.2) is 0 Å². The standard InChI is InChI=1S/C16H21N5O2/c1-22-15-9-14(19-16(17)20-15)21-7-4-13(5-8-21)23-11-12-3-2-6-18-10-12/h2-3,6,9-10,13H,4-5,7-8,11H2,1H3,(H2,17,19,20). The number of nitrogens with two attached hydrogens (primary N) is 1. The van der Waals surface area contributed by atoms with Crippen molar-refractivity contribution in [2.45, 2.75) is 25.6 Å². The molecule has 0 spiro atoms. The zero-order valence-electron chi connectivity index (χ0n) is 13.2. The smallest absolute Gasteiger partial charge is 0.225 e. The second kappa shape index (κ2) is 7.23. The molecule has 3 heterocycles. The molecular formula is C16H21N5O2. The Kier molecular flexibility index (Phi) is 4.87. The zero-order chi connectivity index (χ0) is 16.1. The van der Waals surface area contributed by atoms with Crippen LogP contribution in [0.25, 0.3) is 0 Å². The number of methoxy groups -OCH3 is 1. The lowest BCUT2D eigenvalue weighted by atomic mass is 10.1. The molecule has 122 valence electrons. The molecule has 1 fully saturated rings. The maximum Gasteiger partial charge on any atom is 0.225 e. The number of pyridine rings is 1. The largest absolute Gasteiger partial charge is 0.481 e. The monoisotopic (exact) mass is 315 g/mol. The predicted octanol–water partition coefficient (Wildman–Crippen LogP) is 1.65. The average molecular weight is 315 g/mol. The molecule has 2 aromatic rings. The van der Waals surface area contributed by atoms with Crippen LogP contribution >= 0.6 is 0 Å².